The molecule has 4 N–H and O–H groups in total. The summed E-state index contributed by atoms with van der Waals surface area (Å²) in [7, 11) is 0. The maximum atomic E-state index is 10.8. The Kier molecular flexibility index (Phi) is 3.98. The number of carbonyl (C=O) groups excluding carboxylic acids is 1. The van der Waals surface area contributed by atoms with Crippen molar-refractivity contribution in [1.82, 2.24) is 20.2 Å². The summed E-state index contributed by atoms with van der Waals surface area (Å²) in [5.41, 5.74) is 5.78. The maximum absolute atomic E-state index is 10.8. The fraction of sp³-hybridized carbons (Fsp3) is 0.400. The topological polar surface area (TPSA) is 110 Å². The van der Waals surface area contributed by atoms with Gasteiger partial charge in [0.1, 0.15) is 5.03 Å². The van der Waals surface area contributed by atoms with E-state index < -0.39 is 0 Å². The Balaban J connectivity index is 2.29. The number of nitrogens with one attached hydrogen (secondary N) is 2. The highest BCUT2D eigenvalue weighted by Crippen LogP contribution is 2.24. The van der Waals surface area contributed by atoms with E-state index in [2.05, 4.69) is 32.4 Å². The lowest BCUT2D eigenvalue weighted by molar-refractivity contribution is -0.115. The highest BCUT2D eigenvalue weighted by Gasteiger charge is 2.10. The molecule has 1 amide bonds. The van der Waals surface area contributed by atoms with Crippen LogP contribution in [0.1, 0.15) is 13.3 Å². The highest BCUT2D eigenvalue weighted by atomic mass is 32.2. The molecule has 0 aromatic carbocycles. The molecule has 0 saturated heterocycles. The van der Waals surface area contributed by atoms with Gasteiger partial charge in [-0.25, -0.2) is 4.98 Å². The molecule has 7 nitrogen and oxygen atoms in total. The third-order valence-electron chi connectivity index (χ3n) is 2.16. The molecule has 2 rings (SSSR count). The number of primary amides is 1. The van der Waals surface area contributed by atoms with Gasteiger partial charge in [0.25, 0.3) is 0 Å². The predicted molar refractivity (Wildman–Crippen MR) is 70.4 cm³/mol. The van der Waals surface area contributed by atoms with E-state index in [0.29, 0.717) is 16.6 Å². The molecule has 0 aliphatic carbocycles. The normalized spacial score (nSPS) is 10.7. The first-order valence-corrected chi connectivity index (χ1v) is 6.55. The van der Waals surface area contributed by atoms with E-state index in [-0.39, 0.29) is 11.7 Å². The molecule has 2 heterocycles. The number of nitrogens with zero attached hydrogens (tertiary/aromatic N) is 3. The number of amides is 1. The Bertz CT molecular complexity index is 554. The number of aromatic amines is 1. The van der Waals surface area contributed by atoms with Crippen LogP contribution in [0.2, 0.25) is 0 Å². The highest BCUT2D eigenvalue weighted by molar-refractivity contribution is 8.00. The summed E-state index contributed by atoms with van der Waals surface area (Å²) in [6, 6.07) is 0. The third kappa shape index (κ3) is 2.89. The molecule has 2 aromatic heterocycles. The molecule has 0 aliphatic heterocycles. The van der Waals surface area contributed by atoms with Crippen LogP contribution in [-0.4, -0.2) is 38.4 Å². The zero-order valence-electron chi connectivity index (χ0n) is 9.93. The molecule has 0 saturated carbocycles. The minimum Gasteiger partial charge on any atom is -0.369 e. The van der Waals surface area contributed by atoms with Crippen molar-refractivity contribution in [2.45, 2.75) is 18.4 Å². The molecule has 2 aromatic rings. The number of fused-ring (bicyclic) bond motifs is 1. The van der Waals surface area contributed by atoms with E-state index in [9.17, 15) is 4.79 Å². The average Bonchev–Trinajstić information content (AvgIpc) is 2.81. The van der Waals surface area contributed by atoms with Crippen LogP contribution in [-0.2, 0) is 4.79 Å². The molecule has 0 spiro atoms. The second-order valence-corrected chi connectivity index (χ2v) is 4.63. The number of carbonyl (C=O) groups is 1. The molecule has 0 fully saturated rings. The number of H-pyrrole nitrogens is 1. The van der Waals surface area contributed by atoms with Crippen LogP contribution >= 0.6 is 11.8 Å². The van der Waals surface area contributed by atoms with Crippen molar-refractivity contribution in [2.24, 2.45) is 5.73 Å². The molecule has 0 bridgehead atoms. The number of aromatic nitrogens is 4. The van der Waals surface area contributed by atoms with E-state index >= 15 is 0 Å². The summed E-state index contributed by atoms with van der Waals surface area (Å²) in [5.74, 6) is 0.337. The van der Waals surface area contributed by atoms with Gasteiger partial charge in [0.15, 0.2) is 5.65 Å². The predicted octanol–water partition coefficient (Wildman–Crippen LogP) is 0.752. The van der Waals surface area contributed by atoms with Crippen molar-refractivity contribution in [3.05, 3.63) is 6.20 Å². The zero-order chi connectivity index (χ0) is 13.0. The standard InChI is InChI=1S/C10H14N6OS/c1-2-3-12-10-14-8-6(4-13-16-8)9(15-10)18-5-7(11)17/h4H,2-3,5H2,1H3,(H2,11,17)(H2,12,13,14,15,16). The van der Waals surface area contributed by atoms with Gasteiger partial charge in [-0.3, -0.25) is 9.89 Å². The van der Waals surface area contributed by atoms with Crippen molar-refractivity contribution in [2.75, 3.05) is 17.6 Å². The number of anilines is 1. The SMILES string of the molecule is CCCNc1nc(SCC(N)=O)c2cn[nH]c2n1. The lowest BCUT2D eigenvalue weighted by atomic mass is 10.4. The number of hydrogen-bond acceptors (Lipinski definition) is 6. The van der Waals surface area contributed by atoms with Gasteiger partial charge in [-0.05, 0) is 6.42 Å². The van der Waals surface area contributed by atoms with Gasteiger partial charge < -0.3 is 11.1 Å². The second kappa shape index (κ2) is 5.67. The van der Waals surface area contributed by atoms with Gasteiger partial charge in [-0.2, -0.15) is 10.1 Å². The number of hydrogen-bond donors (Lipinski definition) is 3. The van der Waals surface area contributed by atoms with Crippen LogP contribution in [0.25, 0.3) is 11.0 Å². The van der Waals surface area contributed by atoms with Crippen LogP contribution in [0.3, 0.4) is 0 Å². The fourth-order valence-corrected chi connectivity index (χ4v) is 2.11. The van der Waals surface area contributed by atoms with E-state index in [0.717, 1.165) is 18.4 Å². The molecule has 0 aliphatic rings. The summed E-state index contributed by atoms with van der Waals surface area (Å²) in [5, 5.41) is 11.3. The number of thioether (sulfide) groups is 1. The number of rotatable bonds is 6. The Hall–Kier alpha value is -1.83. The van der Waals surface area contributed by atoms with Crippen LogP contribution in [0.15, 0.2) is 11.2 Å². The minimum absolute atomic E-state index is 0.185. The average molecular weight is 266 g/mol. The van der Waals surface area contributed by atoms with Gasteiger partial charge >= 0.3 is 0 Å². The van der Waals surface area contributed by atoms with Gasteiger partial charge in [0, 0.05) is 6.54 Å². The summed E-state index contributed by atoms with van der Waals surface area (Å²) < 4.78 is 0. The van der Waals surface area contributed by atoms with Crippen molar-refractivity contribution in [3.8, 4) is 0 Å². The monoisotopic (exact) mass is 266 g/mol. The lowest BCUT2D eigenvalue weighted by Gasteiger charge is -2.05. The fourth-order valence-electron chi connectivity index (χ4n) is 1.37. The van der Waals surface area contributed by atoms with Gasteiger partial charge in [0.2, 0.25) is 11.9 Å². The third-order valence-corrected chi connectivity index (χ3v) is 3.17. The Morgan fingerprint density at radius 2 is 2.39 bits per heavy atom. The van der Waals surface area contributed by atoms with Gasteiger partial charge in [0.05, 0.1) is 17.3 Å². The van der Waals surface area contributed by atoms with E-state index in [1.807, 2.05) is 0 Å². The Labute approximate surface area is 108 Å². The summed E-state index contributed by atoms with van der Waals surface area (Å²) in [4.78, 5) is 19.5. The number of nitrogens with two attached hydrogens (primary N) is 1. The summed E-state index contributed by atoms with van der Waals surface area (Å²) in [6.07, 6.45) is 2.62. The lowest BCUT2D eigenvalue weighted by Crippen LogP contribution is -2.13. The van der Waals surface area contributed by atoms with Crippen LogP contribution in [0.5, 0.6) is 0 Å². The molecule has 0 atom stereocenters. The van der Waals surface area contributed by atoms with Crippen LogP contribution in [0.4, 0.5) is 5.95 Å². The Morgan fingerprint density at radius 1 is 1.56 bits per heavy atom. The largest absolute Gasteiger partial charge is 0.369 e. The van der Waals surface area contributed by atoms with E-state index in [1.54, 1.807) is 6.20 Å². The van der Waals surface area contributed by atoms with Crippen LogP contribution < -0.4 is 11.1 Å². The maximum Gasteiger partial charge on any atom is 0.227 e. The minimum atomic E-state index is -0.377. The summed E-state index contributed by atoms with van der Waals surface area (Å²) >= 11 is 1.28. The van der Waals surface area contributed by atoms with Gasteiger partial charge in [-0.1, -0.05) is 18.7 Å². The molecular weight excluding hydrogens is 252 g/mol. The second-order valence-electron chi connectivity index (χ2n) is 3.67. The van der Waals surface area contributed by atoms with Crippen molar-refractivity contribution in [1.29, 1.82) is 0 Å². The quantitative estimate of drug-likeness (QED) is 0.526. The van der Waals surface area contributed by atoms with Crippen LogP contribution in [0, 0.1) is 0 Å². The van der Waals surface area contributed by atoms with Crippen molar-refractivity contribution in [3.63, 3.8) is 0 Å². The Morgan fingerprint density at radius 3 is 3.11 bits per heavy atom. The zero-order valence-corrected chi connectivity index (χ0v) is 10.8. The molecule has 96 valence electrons. The molecule has 18 heavy (non-hydrogen) atoms. The first kappa shape index (κ1) is 12.6. The first-order valence-electron chi connectivity index (χ1n) is 5.56. The van der Waals surface area contributed by atoms with E-state index in [4.69, 9.17) is 5.73 Å². The molecular formula is C10H14N6OS. The van der Waals surface area contributed by atoms with E-state index in [1.165, 1.54) is 11.8 Å². The summed E-state index contributed by atoms with van der Waals surface area (Å²) in [6.45, 7) is 2.85. The molecule has 0 unspecified atom stereocenters. The molecule has 0 radical (unpaired) electrons. The van der Waals surface area contributed by atoms with Gasteiger partial charge in [-0.15, -0.1) is 0 Å². The molecule has 8 heteroatoms. The van der Waals surface area contributed by atoms with Crippen molar-refractivity contribution < 1.29 is 4.79 Å². The smallest absolute Gasteiger partial charge is 0.227 e. The first-order chi connectivity index (χ1) is 8.70. The van der Waals surface area contributed by atoms with Crippen molar-refractivity contribution >= 4 is 34.7 Å².